The number of aliphatic hydroxyl groups excluding tert-OH is 8. The van der Waals surface area contributed by atoms with Crippen molar-refractivity contribution in [2.45, 2.75) is 286 Å². The number of carbonyl (C=O) groups excluding carboxylic acids is 2. The van der Waals surface area contributed by atoms with Crippen molar-refractivity contribution in [2.75, 3.05) is 19.8 Å². The summed E-state index contributed by atoms with van der Waals surface area (Å²) in [5.41, 5.74) is 0. The lowest BCUT2D eigenvalue weighted by atomic mass is 9.84. The van der Waals surface area contributed by atoms with Gasteiger partial charge in [0, 0.05) is 12.8 Å². The van der Waals surface area contributed by atoms with Gasteiger partial charge in [-0.15, -0.1) is 0 Å². The summed E-state index contributed by atoms with van der Waals surface area (Å²) in [6.07, 6.45) is 14.2. The first kappa shape index (κ1) is 65.5. The Hall–Kier alpha value is -1.61. The molecule has 1 saturated heterocycles. The molecule has 2 rings (SSSR count). The Morgan fingerprint density at radius 2 is 0.930 bits per heavy atom. The highest BCUT2D eigenvalue weighted by Crippen LogP contribution is 2.48. The minimum absolute atomic E-state index is 0.0370. The van der Waals surface area contributed by atoms with E-state index < -0.39 is 113 Å². The minimum Gasteiger partial charge on any atom is -0.462 e. The van der Waals surface area contributed by atoms with Crippen LogP contribution in [-0.2, 0) is 42.1 Å². The lowest BCUT2D eigenvalue weighted by Crippen LogP contribution is -2.67. The highest BCUT2D eigenvalue weighted by Gasteiger charge is 2.55. The summed E-state index contributed by atoms with van der Waals surface area (Å²) in [5, 5.41) is 83.1. The number of unbranched alkanes of at least 4 members (excludes halogenated alkanes) is 26. The van der Waals surface area contributed by atoms with Crippen LogP contribution in [0.3, 0.4) is 0 Å². The Labute approximate surface area is 424 Å². The predicted octanol–water partition coefficient (Wildman–Crippen LogP) is 7.28. The van der Waals surface area contributed by atoms with E-state index in [4.69, 9.17) is 28.0 Å². The SMILES string of the molecule is CCCCCCC=CCCCCCCCCCC(=O)OCC(COP(=O)(O)OC1C(O)C(O)C(O)C(O)C1OC1OC(CO)C(O)C(O)C1O)OC(=O)CCCCCCCCCCCCCCCCCC. The van der Waals surface area contributed by atoms with Gasteiger partial charge >= 0.3 is 19.8 Å². The molecule has 19 heteroatoms. The van der Waals surface area contributed by atoms with Gasteiger partial charge in [0.25, 0.3) is 0 Å². The minimum atomic E-state index is -5.37. The van der Waals surface area contributed by atoms with Crippen LogP contribution in [0.25, 0.3) is 0 Å². The third-order valence-electron chi connectivity index (χ3n) is 13.5. The average molecular weight is 1040 g/mol. The molecule has 1 aliphatic heterocycles. The molecular formula is C52H97O18P. The molecule has 2 aliphatic rings. The fourth-order valence-corrected chi connectivity index (χ4v) is 9.90. The average Bonchev–Trinajstić information content (AvgIpc) is 3.35. The van der Waals surface area contributed by atoms with Gasteiger partial charge in [-0.25, -0.2) is 4.57 Å². The van der Waals surface area contributed by atoms with Crippen LogP contribution in [0.5, 0.6) is 0 Å². The maximum absolute atomic E-state index is 13.4. The number of allylic oxidation sites excluding steroid dienone is 2. The van der Waals surface area contributed by atoms with Crippen molar-refractivity contribution in [3.05, 3.63) is 12.2 Å². The molecule has 0 aromatic heterocycles. The molecule has 0 bridgehead atoms. The zero-order valence-corrected chi connectivity index (χ0v) is 44.2. The molecule has 1 saturated carbocycles. The van der Waals surface area contributed by atoms with Crippen molar-refractivity contribution in [2.24, 2.45) is 0 Å². The molecule has 2 fully saturated rings. The van der Waals surface area contributed by atoms with Crippen LogP contribution in [0.15, 0.2) is 12.2 Å². The lowest BCUT2D eigenvalue weighted by Gasteiger charge is -2.47. The second kappa shape index (κ2) is 39.8. The number of carbonyl (C=O) groups is 2. The normalized spacial score (nSPS) is 27.2. The first-order chi connectivity index (χ1) is 34.2. The Morgan fingerprint density at radius 3 is 1.41 bits per heavy atom. The monoisotopic (exact) mass is 1040 g/mol. The van der Waals surface area contributed by atoms with Gasteiger partial charge in [0.15, 0.2) is 12.4 Å². The van der Waals surface area contributed by atoms with E-state index in [9.17, 15) is 59.9 Å². The molecule has 0 spiro atoms. The van der Waals surface area contributed by atoms with Crippen LogP contribution < -0.4 is 0 Å². The van der Waals surface area contributed by atoms with E-state index in [0.29, 0.717) is 12.8 Å². The van der Waals surface area contributed by atoms with Crippen molar-refractivity contribution in [3.63, 3.8) is 0 Å². The molecule has 13 unspecified atom stereocenters. The van der Waals surface area contributed by atoms with Crippen molar-refractivity contribution >= 4 is 19.8 Å². The molecule has 0 amide bonds. The van der Waals surface area contributed by atoms with Crippen molar-refractivity contribution in [1.29, 1.82) is 0 Å². The van der Waals surface area contributed by atoms with Crippen LogP contribution >= 0.6 is 7.82 Å². The molecule has 1 aliphatic carbocycles. The summed E-state index contributed by atoms with van der Waals surface area (Å²) in [6, 6.07) is 0. The second-order valence-corrected chi connectivity index (χ2v) is 21.2. The highest BCUT2D eigenvalue weighted by molar-refractivity contribution is 7.47. The molecule has 0 aromatic rings. The van der Waals surface area contributed by atoms with E-state index in [1.54, 1.807) is 0 Å². The van der Waals surface area contributed by atoms with Gasteiger partial charge in [-0.05, 0) is 38.5 Å². The number of rotatable bonds is 43. The summed E-state index contributed by atoms with van der Waals surface area (Å²) < 4.78 is 45.6. The Kier molecular flexibility index (Phi) is 36.7. The topological polar surface area (TPSA) is 289 Å². The quantitative estimate of drug-likeness (QED) is 0.0126. The molecule has 0 aromatic carbocycles. The van der Waals surface area contributed by atoms with E-state index in [-0.39, 0.29) is 12.8 Å². The smallest absolute Gasteiger partial charge is 0.462 e. The Bertz CT molecular complexity index is 1420. The van der Waals surface area contributed by atoms with E-state index in [1.807, 2.05) is 0 Å². The number of esters is 2. The summed E-state index contributed by atoms with van der Waals surface area (Å²) in [4.78, 5) is 36.6. The van der Waals surface area contributed by atoms with Gasteiger partial charge in [-0.3, -0.25) is 18.6 Å². The van der Waals surface area contributed by atoms with Gasteiger partial charge < -0.3 is 64.7 Å². The molecule has 9 N–H and O–H groups in total. The zero-order chi connectivity index (χ0) is 52.3. The molecular weight excluding hydrogens is 944 g/mol. The summed E-state index contributed by atoms with van der Waals surface area (Å²) >= 11 is 0. The van der Waals surface area contributed by atoms with Crippen LogP contribution in [0.2, 0.25) is 0 Å². The lowest BCUT2D eigenvalue weighted by molar-refractivity contribution is -0.338. The van der Waals surface area contributed by atoms with Crippen LogP contribution in [0, 0.1) is 0 Å². The third-order valence-corrected chi connectivity index (χ3v) is 14.5. The summed E-state index contributed by atoms with van der Waals surface area (Å²) in [7, 11) is -5.37. The van der Waals surface area contributed by atoms with E-state index in [2.05, 4.69) is 26.0 Å². The molecule has 0 radical (unpaired) electrons. The first-order valence-corrected chi connectivity index (χ1v) is 29.0. The number of hydrogen-bond donors (Lipinski definition) is 9. The number of ether oxygens (including phenoxy) is 4. The fourth-order valence-electron chi connectivity index (χ4n) is 8.93. The van der Waals surface area contributed by atoms with Gasteiger partial charge in [-0.1, -0.05) is 174 Å². The number of phosphoric acid groups is 1. The van der Waals surface area contributed by atoms with E-state index >= 15 is 0 Å². The first-order valence-electron chi connectivity index (χ1n) is 27.5. The number of phosphoric ester groups is 1. The standard InChI is InChI=1S/C52H97O18P/c1-3-5-7-9-11-13-15-17-19-21-23-25-27-29-31-33-35-42(55)67-39(37-65-41(54)34-32-30-28-26-24-22-20-18-16-14-12-10-8-6-4-2)38-66-71(63,64)70-51-48(61)46(59)45(58)47(60)50(51)69-52-49(62)44(57)43(56)40(36-53)68-52/h14,16,39-40,43-53,56-62H,3-13,15,17-38H2,1-2H3,(H,63,64). The number of aliphatic hydroxyl groups is 8. The predicted molar refractivity (Wildman–Crippen MR) is 268 cm³/mol. The molecule has 418 valence electrons. The van der Waals surface area contributed by atoms with E-state index in [1.165, 1.54) is 96.3 Å². The maximum Gasteiger partial charge on any atom is 0.472 e. The van der Waals surface area contributed by atoms with Crippen LogP contribution in [-0.4, -0.2) is 151 Å². The van der Waals surface area contributed by atoms with Gasteiger partial charge in [0.1, 0.15) is 67.6 Å². The second-order valence-electron chi connectivity index (χ2n) is 19.8. The zero-order valence-electron chi connectivity index (χ0n) is 43.3. The van der Waals surface area contributed by atoms with Crippen molar-refractivity contribution < 1.29 is 87.9 Å². The van der Waals surface area contributed by atoms with Crippen molar-refractivity contribution in [1.82, 2.24) is 0 Å². The third kappa shape index (κ3) is 28.2. The maximum atomic E-state index is 13.4. The molecule has 13 atom stereocenters. The van der Waals surface area contributed by atoms with Gasteiger partial charge in [0.2, 0.25) is 0 Å². The number of hydrogen-bond acceptors (Lipinski definition) is 17. The van der Waals surface area contributed by atoms with Gasteiger partial charge in [0.05, 0.1) is 13.2 Å². The molecule has 71 heavy (non-hydrogen) atoms. The fraction of sp³-hybridized carbons (Fsp3) is 0.923. The van der Waals surface area contributed by atoms with E-state index in [0.717, 1.165) is 77.0 Å². The molecule has 18 nitrogen and oxygen atoms in total. The van der Waals surface area contributed by atoms with Gasteiger partial charge in [-0.2, -0.15) is 0 Å². The van der Waals surface area contributed by atoms with Crippen molar-refractivity contribution in [3.8, 4) is 0 Å². The summed E-state index contributed by atoms with van der Waals surface area (Å²) in [5.74, 6) is -1.21. The Balaban J connectivity index is 1.91. The Morgan fingerprint density at radius 1 is 0.521 bits per heavy atom. The summed E-state index contributed by atoms with van der Waals surface area (Å²) in [6.45, 7) is 2.24. The molecule has 1 heterocycles. The van der Waals surface area contributed by atoms with Crippen LogP contribution in [0.1, 0.15) is 213 Å². The van der Waals surface area contributed by atoms with Crippen LogP contribution in [0.4, 0.5) is 0 Å². The largest absolute Gasteiger partial charge is 0.472 e. The highest BCUT2D eigenvalue weighted by atomic mass is 31.2.